The molecule has 0 saturated heterocycles. The molecule has 17 heavy (non-hydrogen) atoms. The number of nitrogens with two attached hydrogens (primary N) is 1. The molecular formula is C14H19N3. The number of nitrogen functional groups attached to an aromatic ring is 1. The van der Waals surface area contributed by atoms with E-state index in [1.54, 1.807) is 6.07 Å². The second-order valence-electron chi connectivity index (χ2n) is 5.04. The van der Waals surface area contributed by atoms with E-state index in [0.717, 1.165) is 11.6 Å². The standard InChI is InChI=1S/C14H19N3/c1-9-6-7-12(10(9)2)17-13-5-3-4-11(8-15)14(13)16/h3-5,9-10,12,17H,6-7,16H2,1-2H3. The third-order valence-corrected chi connectivity index (χ3v) is 4.03. The van der Waals surface area contributed by atoms with Gasteiger partial charge in [0.25, 0.3) is 0 Å². The van der Waals surface area contributed by atoms with E-state index >= 15 is 0 Å². The van der Waals surface area contributed by atoms with E-state index in [-0.39, 0.29) is 0 Å². The summed E-state index contributed by atoms with van der Waals surface area (Å²) in [7, 11) is 0. The Kier molecular flexibility index (Phi) is 3.23. The van der Waals surface area contributed by atoms with Gasteiger partial charge in [-0.15, -0.1) is 0 Å². The highest BCUT2D eigenvalue weighted by Crippen LogP contribution is 2.34. The van der Waals surface area contributed by atoms with Crippen LogP contribution >= 0.6 is 0 Å². The molecule has 0 bridgehead atoms. The lowest BCUT2D eigenvalue weighted by atomic mass is 9.97. The third kappa shape index (κ3) is 2.21. The van der Waals surface area contributed by atoms with E-state index in [9.17, 15) is 0 Å². The summed E-state index contributed by atoms with van der Waals surface area (Å²) in [4.78, 5) is 0. The summed E-state index contributed by atoms with van der Waals surface area (Å²) >= 11 is 0. The molecular weight excluding hydrogens is 210 g/mol. The maximum absolute atomic E-state index is 8.94. The summed E-state index contributed by atoms with van der Waals surface area (Å²) in [5, 5.41) is 12.4. The van der Waals surface area contributed by atoms with E-state index in [1.165, 1.54) is 12.8 Å². The smallest absolute Gasteiger partial charge is 0.101 e. The van der Waals surface area contributed by atoms with Crippen LogP contribution in [0.15, 0.2) is 18.2 Å². The lowest BCUT2D eigenvalue weighted by Gasteiger charge is -2.22. The molecule has 1 fully saturated rings. The first-order chi connectivity index (χ1) is 8.13. The Labute approximate surface area is 103 Å². The molecule has 1 aromatic rings. The van der Waals surface area contributed by atoms with Gasteiger partial charge in [-0.1, -0.05) is 19.9 Å². The van der Waals surface area contributed by atoms with Gasteiger partial charge in [-0.3, -0.25) is 0 Å². The number of hydrogen-bond donors (Lipinski definition) is 2. The first-order valence-electron chi connectivity index (χ1n) is 6.18. The van der Waals surface area contributed by atoms with Crippen molar-refractivity contribution in [3.8, 4) is 6.07 Å². The van der Waals surface area contributed by atoms with Crippen molar-refractivity contribution in [2.45, 2.75) is 32.7 Å². The predicted molar refractivity (Wildman–Crippen MR) is 70.5 cm³/mol. The van der Waals surface area contributed by atoms with Crippen LogP contribution in [-0.2, 0) is 0 Å². The number of anilines is 2. The van der Waals surface area contributed by atoms with Gasteiger partial charge in [0.15, 0.2) is 0 Å². The highest BCUT2D eigenvalue weighted by atomic mass is 15.0. The Bertz CT molecular complexity index is 447. The first-order valence-corrected chi connectivity index (χ1v) is 6.18. The van der Waals surface area contributed by atoms with Gasteiger partial charge >= 0.3 is 0 Å². The van der Waals surface area contributed by atoms with Crippen molar-refractivity contribution in [3.63, 3.8) is 0 Å². The van der Waals surface area contributed by atoms with Crippen LogP contribution in [-0.4, -0.2) is 6.04 Å². The van der Waals surface area contributed by atoms with E-state index < -0.39 is 0 Å². The topological polar surface area (TPSA) is 61.8 Å². The van der Waals surface area contributed by atoms with Gasteiger partial charge < -0.3 is 11.1 Å². The van der Waals surface area contributed by atoms with Crippen molar-refractivity contribution >= 4 is 11.4 Å². The minimum absolute atomic E-state index is 0.473. The normalized spacial score (nSPS) is 27.7. The summed E-state index contributed by atoms with van der Waals surface area (Å²) in [6.07, 6.45) is 2.44. The zero-order chi connectivity index (χ0) is 12.4. The molecule has 3 nitrogen and oxygen atoms in total. The molecule has 0 aliphatic heterocycles. The summed E-state index contributed by atoms with van der Waals surface area (Å²) in [5.74, 6) is 1.41. The van der Waals surface area contributed by atoms with E-state index in [2.05, 4.69) is 25.2 Å². The molecule has 0 radical (unpaired) electrons. The van der Waals surface area contributed by atoms with Gasteiger partial charge in [0.1, 0.15) is 6.07 Å². The molecule has 0 heterocycles. The molecule has 2 rings (SSSR count). The highest BCUT2D eigenvalue weighted by molar-refractivity contribution is 5.73. The van der Waals surface area contributed by atoms with Gasteiger partial charge in [-0.2, -0.15) is 5.26 Å². The molecule has 1 aromatic carbocycles. The van der Waals surface area contributed by atoms with Gasteiger partial charge in [-0.05, 0) is 36.8 Å². The lowest BCUT2D eigenvalue weighted by Crippen LogP contribution is -2.24. The summed E-state index contributed by atoms with van der Waals surface area (Å²) < 4.78 is 0. The van der Waals surface area contributed by atoms with Crippen molar-refractivity contribution in [1.82, 2.24) is 0 Å². The van der Waals surface area contributed by atoms with Crippen LogP contribution in [0.2, 0.25) is 0 Å². The quantitative estimate of drug-likeness (QED) is 0.766. The van der Waals surface area contributed by atoms with E-state index in [0.29, 0.717) is 23.2 Å². The highest BCUT2D eigenvalue weighted by Gasteiger charge is 2.29. The maximum atomic E-state index is 8.94. The predicted octanol–water partition coefficient (Wildman–Crippen LogP) is 2.99. The van der Waals surface area contributed by atoms with Crippen LogP contribution in [0.4, 0.5) is 11.4 Å². The summed E-state index contributed by atoms with van der Waals surface area (Å²) in [6, 6.07) is 8.17. The van der Waals surface area contributed by atoms with Gasteiger partial charge in [0.2, 0.25) is 0 Å². The Morgan fingerprint density at radius 1 is 1.35 bits per heavy atom. The number of nitrogens with one attached hydrogen (secondary N) is 1. The number of para-hydroxylation sites is 1. The SMILES string of the molecule is CC1CCC(Nc2cccc(C#N)c2N)C1C. The lowest BCUT2D eigenvalue weighted by molar-refractivity contribution is 0.435. The average Bonchev–Trinajstić information content (AvgIpc) is 2.64. The molecule has 0 aromatic heterocycles. The maximum Gasteiger partial charge on any atom is 0.101 e. The van der Waals surface area contributed by atoms with E-state index in [1.807, 2.05) is 12.1 Å². The van der Waals surface area contributed by atoms with Crippen LogP contribution in [0.5, 0.6) is 0 Å². The van der Waals surface area contributed by atoms with E-state index in [4.69, 9.17) is 11.0 Å². The number of hydrogen-bond acceptors (Lipinski definition) is 3. The number of rotatable bonds is 2. The second-order valence-corrected chi connectivity index (χ2v) is 5.04. The first kappa shape index (κ1) is 11.8. The van der Waals surface area contributed by atoms with Crippen LogP contribution < -0.4 is 11.1 Å². The van der Waals surface area contributed by atoms with Gasteiger partial charge in [0.05, 0.1) is 16.9 Å². The van der Waals surface area contributed by atoms with Crippen LogP contribution in [0.25, 0.3) is 0 Å². The number of benzene rings is 1. The molecule has 3 N–H and O–H groups in total. The fraction of sp³-hybridized carbons (Fsp3) is 0.500. The third-order valence-electron chi connectivity index (χ3n) is 4.03. The zero-order valence-electron chi connectivity index (χ0n) is 10.4. The largest absolute Gasteiger partial charge is 0.396 e. The van der Waals surface area contributed by atoms with Gasteiger partial charge in [-0.25, -0.2) is 0 Å². The summed E-state index contributed by atoms with van der Waals surface area (Å²) in [6.45, 7) is 4.57. The Balaban J connectivity index is 2.17. The van der Waals surface area contributed by atoms with Crippen molar-refractivity contribution in [2.24, 2.45) is 11.8 Å². The number of nitrogens with zero attached hydrogens (tertiary/aromatic N) is 1. The van der Waals surface area contributed by atoms with Crippen LogP contribution in [0, 0.1) is 23.2 Å². The second kappa shape index (κ2) is 4.67. The van der Waals surface area contributed by atoms with Crippen molar-refractivity contribution in [3.05, 3.63) is 23.8 Å². The molecule has 1 aliphatic carbocycles. The monoisotopic (exact) mass is 229 g/mol. The molecule has 0 spiro atoms. The van der Waals surface area contributed by atoms with Crippen LogP contribution in [0.3, 0.4) is 0 Å². The van der Waals surface area contributed by atoms with Crippen molar-refractivity contribution in [2.75, 3.05) is 11.1 Å². The molecule has 0 amide bonds. The van der Waals surface area contributed by atoms with Crippen molar-refractivity contribution < 1.29 is 0 Å². The Morgan fingerprint density at radius 3 is 2.71 bits per heavy atom. The Hall–Kier alpha value is -1.69. The molecule has 3 heteroatoms. The molecule has 90 valence electrons. The minimum Gasteiger partial charge on any atom is -0.396 e. The molecule has 1 saturated carbocycles. The zero-order valence-corrected chi connectivity index (χ0v) is 10.4. The van der Waals surface area contributed by atoms with Gasteiger partial charge in [0, 0.05) is 6.04 Å². The average molecular weight is 229 g/mol. The number of nitriles is 1. The van der Waals surface area contributed by atoms with Crippen molar-refractivity contribution in [1.29, 1.82) is 5.26 Å². The minimum atomic E-state index is 0.473. The fourth-order valence-corrected chi connectivity index (χ4v) is 2.56. The fourth-order valence-electron chi connectivity index (χ4n) is 2.56. The molecule has 3 atom stereocenters. The van der Waals surface area contributed by atoms with Crippen LogP contribution in [0.1, 0.15) is 32.3 Å². The Morgan fingerprint density at radius 2 is 2.12 bits per heavy atom. The molecule has 1 aliphatic rings. The summed E-state index contributed by atoms with van der Waals surface area (Å²) in [5.41, 5.74) is 7.99. The molecule has 3 unspecified atom stereocenters.